The number of pyridine rings is 1. The van der Waals surface area contributed by atoms with E-state index in [1.807, 2.05) is 6.07 Å². The van der Waals surface area contributed by atoms with E-state index in [2.05, 4.69) is 25.8 Å². The standard InChI is InChI=1S/C22H29N5O5/c1-30-21-11-14(4-7-23-21)10-20(28)25-19-13-18(26-27-19)15-2-3-17(12-15)32-22(29)24-16-5-8-31-9-6-16/h4,7,11,13,15-17H,2-3,5-6,8-10,12H2,1H3,(H,24,29)(H2,25,26,27,28). The Balaban J connectivity index is 1.23. The SMILES string of the molecule is COc1cc(CC(=O)Nc2cc(C3CCC(OC(=O)NC4CCOCC4)C3)[nH]n2)ccn1. The fourth-order valence-corrected chi connectivity index (χ4v) is 4.18. The number of aromatic amines is 1. The highest BCUT2D eigenvalue weighted by Gasteiger charge is 2.30. The average molecular weight is 444 g/mol. The van der Waals surface area contributed by atoms with Crippen LogP contribution in [0.25, 0.3) is 0 Å². The van der Waals surface area contributed by atoms with Gasteiger partial charge >= 0.3 is 6.09 Å². The van der Waals surface area contributed by atoms with Crippen LogP contribution in [-0.4, -0.2) is 59.7 Å². The summed E-state index contributed by atoms with van der Waals surface area (Å²) in [6.45, 7) is 1.35. The molecule has 1 aliphatic carbocycles. The van der Waals surface area contributed by atoms with Crippen molar-refractivity contribution in [3.63, 3.8) is 0 Å². The molecule has 3 heterocycles. The van der Waals surface area contributed by atoms with Crippen molar-refractivity contribution in [2.45, 2.75) is 56.6 Å². The zero-order valence-corrected chi connectivity index (χ0v) is 18.1. The molecule has 1 saturated carbocycles. The van der Waals surface area contributed by atoms with Gasteiger partial charge in [0.05, 0.1) is 13.5 Å². The van der Waals surface area contributed by atoms with Crippen LogP contribution in [0.3, 0.4) is 0 Å². The van der Waals surface area contributed by atoms with E-state index in [-0.39, 0.29) is 36.5 Å². The number of nitrogens with zero attached hydrogens (tertiary/aromatic N) is 2. The molecular formula is C22H29N5O5. The summed E-state index contributed by atoms with van der Waals surface area (Å²) in [5, 5.41) is 13.0. The third-order valence-corrected chi connectivity index (χ3v) is 5.88. The number of alkyl carbamates (subject to hydrolysis) is 1. The van der Waals surface area contributed by atoms with Gasteiger partial charge in [-0.1, -0.05) is 0 Å². The summed E-state index contributed by atoms with van der Waals surface area (Å²) < 4.78 is 16.0. The minimum atomic E-state index is -0.354. The Morgan fingerprint density at radius 3 is 2.88 bits per heavy atom. The van der Waals surface area contributed by atoms with Gasteiger partial charge in [0.15, 0.2) is 5.82 Å². The highest BCUT2D eigenvalue weighted by molar-refractivity contribution is 5.91. The molecule has 4 rings (SSSR count). The molecule has 2 fully saturated rings. The molecular weight excluding hydrogens is 414 g/mol. The predicted molar refractivity (Wildman–Crippen MR) is 116 cm³/mol. The highest BCUT2D eigenvalue weighted by Crippen LogP contribution is 2.35. The molecule has 2 atom stereocenters. The van der Waals surface area contributed by atoms with E-state index in [1.54, 1.807) is 18.3 Å². The molecule has 0 spiro atoms. The van der Waals surface area contributed by atoms with E-state index in [0.29, 0.717) is 24.9 Å². The summed E-state index contributed by atoms with van der Waals surface area (Å²) in [6, 6.07) is 5.47. The zero-order chi connectivity index (χ0) is 22.3. The lowest BCUT2D eigenvalue weighted by molar-refractivity contribution is -0.115. The van der Waals surface area contributed by atoms with Crippen LogP contribution in [0, 0.1) is 0 Å². The number of amides is 2. The van der Waals surface area contributed by atoms with Crippen molar-refractivity contribution >= 4 is 17.8 Å². The topological polar surface area (TPSA) is 127 Å². The van der Waals surface area contributed by atoms with Crippen molar-refractivity contribution in [3.8, 4) is 5.88 Å². The Hall–Kier alpha value is -3.14. The minimum absolute atomic E-state index is 0.122. The second kappa shape index (κ2) is 10.4. The number of H-pyrrole nitrogens is 1. The van der Waals surface area contributed by atoms with Crippen LogP contribution in [0.1, 0.15) is 49.3 Å². The first-order valence-electron chi connectivity index (χ1n) is 11.0. The molecule has 2 amide bonds. The third-order valence-electron chi connectivity index (χ3n) is 5.88. The molecule has 0 bridgehead atoms. The number of ether oxygens (including phenoxy) is 3. The Bertz CT molecular complexity index is 927. The lowest BCUT2D eigenvalue weighted by Crippen LogP contribution is -2.40. The number of aromatic nitrogens is 3. The molecule has 10 nitrogen and oxygen atoms in total. The van der Waals surface area contributed by atoms with Crippen molar-refractivity contribution in [3.05, 3.63) is 35.7 Å². The lowest BCUT2D eigenvalue weighted by Gasteiger charge is -2.23. The molecule has 172 valence electrons. The number of hydrogen-bond donors (Lipinski definition) is 3. The Labute approximate surface area is 186 Å². The Kier molecular flexibility index (Phi) is 7.21. The van der Waals surface area contributed by atoms with Gasteiger partial charge in [0.25, 0.3) is 0 Å². The van der Waals surface area contributed by atoms with Gasteiger partial charge in [-0.05, 0) is 43.7 Å². The van der Waals surface area contributed by atoms with Crippen LogP contribution in [0.15, 0.2) is 24.4 Å². The summed E-state index contributed by atoms with van der Waals surface area (Å²) in [6.07, 6.45) is 5.39. The predicted octanol–water partition coefficient (Wildman–Crippen LogP) is 2.54. The Morgan fingerprint density at radius 2 is 2.06 bits per heavy atom. The first kappa shape index (κ1) is 22.1. The molecule has 0 aromatic carbocycles. The maximum atomic E-state index is 12.4. The van der Waals surface area contributed by atoms with Crippen molar-refractivity contribution in [2.75, 3.05) is 25.6 Å². The first-order chi connectivity index (χ1) is 15.6. The third kappa shape index (κ3) is 5.97. The van der Waals surface area contributed by atoms with Crippen LogP contribution in [0.2, 0.25) is 0 Å². The van der Waals surface area contributed by atoms with E-state index >= 15 is 0 Å². The quantitative estimate of drug-likeness (QED) is 0.600. The molecule has 0 radical (unpaired) electrons. The van der Waals surface area contributed by atoms with Crippen molar-refractivity contribution < 1.29 is 23.8 Å². The van der Waals surface area contributed by atoms with Crippen LogP contribution in [0.4, 0.5) is 10.6 Å². The van der Waals surface area contributed by atoms with Gasteiger partial charge in [-0.2, -0.15) is 5.10 Å². The summed E-state index contributed by atoms with van der Waals surface area (Å²) in [5.41, 5.74) is 1.74. The number of rotatable bonds is 7. The summed E-state index contributed by atoms with van der Waals surface area (Å²) in [7, 11) is 1.54. The molecule has 10 heteroatoms. The maximum absolute atomic E-state index is 12.4. The van der Waals surface area contributed by atoms with Crippen molar-refractivity contribution in [1.82, 2.24) is 20.5 Å². The zero-order valence-electron chi connectivity index (χ0n) is 18.1. The smallest absolute Gasteiger partial charge is 0.407 e. The number of methoxy groups -OCH3 is 1. The van der Waals surface area contributed by atoms with Crippen LogP contribution < -0.4 is 15.4 Å². The fraction of sp³-hybridized carbons (Fsp3) is 0.545. The maximum Gasteiger partial charge on any atom is 0.407 e. The summed E-state index contributed by atoms with van der Waals surface area (Å²) in [5.74, 6) is 0.983. The molecule has 2 unspecified atom stereocenters. The van der Waals surface area contributed by atoms with Gasteiger partial charge in [0.2, 0.25) is 11.8 Å². The van der Waals surface area contributed by atoms with E-state index in [1.165, 1.54) is 7.11 Å². The van der Waals surface area contributed by atoms with Gasteiger partial charge in [0, 0.05) is 49.2 Å². The molecule has 2 aromatic heterocycles. The van der Waals surface area contributed by atoms with Gasteiger partial charge in [-0.25, -0.2) is 9.78 Å². The van der Waals surface area contributed by atoms with Crippen LogP contribution in [0.5, 0.6) is 5.88 Å². The number of hydrogen-bond acceptors (Lipinski definition) is 7. The number of carbonyl (C=O) groups is 2. The van der Waals surface area contributed by atoms with E-state index in [9.17, 15) is 9.59 Å². The second-order valence-corrected chi connectivity index (χ2v) is 8.21. The minimum Gasteiger partial charge on any atom is -0.481 e. The molecule has 2 aliphatic rings. The molecule has 32 heavy (non-hydrogen) atoms. The highest BCUT2D eigenvalue weighted by atomic mass is 16.6. The number of carbonyl (C=O) groups excluding carboxylic acids is 2. The molecule has 1 aliphatic heterocycles. The lowest BCUT2D eigenvalue weighted by atomic mass is 10.0. The van der Waals surface area contributed by atoms with Crippen molar-refractivity contribution in [1.29, 1.82) is 0 Å². The summed E-state index contributed by atoms with van der Waals surface area (Å²) >= 11 is 0. The Morgan fingerprint density at radius 1 is 1.22 bits per heavy atom. The van der Waals surface area contributed by atoms with Gasteiger partial charge in [-0.3, -0.25) is 9.89 Å². The molecule has 3 N–H and O–H groups in total. The fourth-order valence-electron chi connectivity index (χ4n) is 4.18. The van der Waals surface area contributed by atoms with E-state index in [0.717, 1.165) is 43.4 Å². The number of nitrogens with one attached hydrogen (secondary N) is 3. The molecule has 2 aromatic rings. The van der Waals surface area contributed by atoms with Crippen LogP contribution >= 0.6 is 0 Å². The van der Waals surface area contributed by atoms with Gasteiger partial charge < -0.3 is 24.8 Å². The molecule has 1 saturated heterocycles. The number of anilines is 1. The second-order valence-electron chi connectivity index (χ2n) is 8.21. The van der Waals surface area contributed by atoms with E-state index in [4.69, 9.17) is 14.2 Å². The van der Waals surface area contributed by atoms with Gasteiger partial charge in [-0.15, -0.1) is 0 Å². The van der Waals surface area contributed by atoms with Gasteiger partial charge in [0.1, 0.15) is 6.10 Å². The van der Waals surface area contributed by atoms with Crippen LogP contribution in [-0.2, 0) is 20.7 Å². The largest absolute Gasteiger partial charge is 0.481 e. The van der Waals surface area contributed by atoms with E-state index < -0.39 is 0 Å². The monoisotopic (exact) mass is 443 g/mol. The average Bonchev–Trinajstić information content (AvgIpc) is 3.44. The normalized spacial score (nSPS) is 21.2. The first-order valence-corrected chi connectivity index (χ1v) is 11.0. The van der Waals surface area contributed by atoms with Crippen molar-refractivity contribution in [2.24, 2.45) is 0 Å². The summed E-state index contributed by atoms with van der Waals surface area (Å²) in [4.78, 5) is 28.6.